The summed E-state index contributed by atoms with van der Waals surface area (Å²) in [5.41, 5.74) is 0.953. The fraction of sp³-hybridized carbons (Fsp3) is 0.538. The summed E-state index contributed by atoms with van der Waals surface area (Å²) >= 11 is 3.37. The van der Waals surface area contributed by atoms with Crippen LogP contribution in [-0.4, -0.2) is 26.8 Å². The molecule has 0 atom stereocenters. The lowest BCUT2D eigenvalue weighted by atomic mass is 10.2. The Morgan fingerprint density at radius 2 is 2.11 bits per heavy atom. The number of hydrogen-bond acceptors (Lipinski definition) is 3. The fourth-order valence-electron chi connectivity index (χ4n) is 1.77. The zero-order valence-electron chi connectivity index (χ0n) is 10.7. The van der Waals surface area contributed by atoms with Gasteiger partial charge in [0.05, 0.1) is 5.75 Å². The van der Waals surface area contributed by atoms with Gasteiger partial charge in [0.25, 0.3) is 0 Å². The number of hydrogen-bond donors (Lipinski definition) is 2. The van der Waals surface area contributed by atoms with Crippen molar-refractivity contribution in [2.45, 2.75) is 31.8 Å². The Bertz CT molecular complexity index is 515. The summed E-state index contributed by atoms with van der Waals surface area (Å²) in [6.45, 7) is 1.13. The van der Waals surface area contributed by atoms with Crippen molar-refractivity contribution in [3.05, 3.63) is 34.3 Å². The molecule has 106 valence electrons. The lowest BCUT2D eigenvalue weighted by molar-refractivity contribution is 0.574. The first-order valence-corrected chi connectivity index (χ1v) is 8.95. The van der Waals surface area contributed by atoms with Crippen molar-refractivity contribution in [3.8, 4) is 0 Å². The van der Waals surface area contributed by atoms with Gasteiger partial charge in [0.1, 0.15) is 0 Å². The molecular weight excluding hydrogens is 328 g/mol. The van der Waals surface area contributed by atoms with Gasteiger partial charge in [0.2, 0.25) is 10.0 Å². The van der Waals surface area contributed by atoms with E-state index in [1.54, 1.807) is 0 Å². The maximum absolute atomic E-state index is 11.8. The molecule has 0 radical (unpaired) electrons. The zero-order valence-corrected chi connectivity index (χ0v) is 13.1. The number of halogens is 1. The Balaban J connectivity index is 1.70. The van der Waals surface area contributed by atoms with Crippen LogP contribution in [0.15, 0.2) is 28.7 Å². The highest BCUT2D eigenvalue weighted by Crippen LogP contribution is 2.18. The van der Waals surface area contributed by atoms with E-state index in [9.17, 15) is 8.42 Å². The molecule has 0 aliphatic heterocycles. The van der Waals surface area contributed by atoms with Crippen molar-refractivity contribution >= 4 is 26.0 Å². The maximum Gasteiger partial charge on any atom is 0.211 e. The molecule has 0 spiro atoms. The lowest BCUT2D eigenvalue weighted by Gasteiger charge is -2.07. The normalized spacial score (nSPS) is 15.6. The van der Waals surface area contributed by atoms with Crippen molar-refractivity contribution in [2.75, 3.05) is 12.3 Å². The first-order valence-electron chi connectivity index (χ1n) is 6.50. The van der Waals surface area contributed by atoms with Crippen LogP contribution in [0.25, 0.3) is 0 Å². The molecule has 0 unspecified atom stereocenters. The van der Waals surface area contributed by atoms with Gasteiger partial charge in [0.15, 0.2) is 0 Å². The average Bonchev–Trinajstić information content (AvgIpc) is 3.17. The third kappa shape index (κ3) is 6.03. The Morgan fingerprint density at radius 3 is 2.79 bits per heavy atom. The quantitative estimate of drug-likeness (QED) is 0.708. The van der Waals surface area contributed by atoms with Crippen LogP contribution in [0.2, 0.25) is 0 Å². The van der Waals surface area contributed by atoms with Crippen LogP contribution in [0.1, 0.15) is 24.8 Å². The van der Waals surface area contributed by atoms with Gasteiger partial charge in [-0.3, -0.25) is 0 Å². The zero-order chi connectivity index (χ0) is 13.7. The van der Waals surface area contributed by atoms with Gasteiger partial charge in [0, 0.05) is 17.1 Å². The molecule has 6 heteroatoms. The third-order valence-corrected chi connectivity index (χ3v) is 4.89. The second-order valence-corrected chi connectivity index (χ2v) is 7.69. The second kappa shape index (κ2) is 6.83. The van der Waals surface area contributed by atoms with E-state index in [1.165, 1.54) is 12.8 Å². The molecule has 1 aliphatic rings. The standard InChI is InChI=1S/C13H19BrN2O2S/c14-12-4-1-3-11(9-12)10-16-19(17,18)8-2-7-15-13-5-6-13/h1,3-4,9,13,15-16H,2,5-8,10H2. The minimum absolute atomic E-state index is 0.181. The molecule has 0 heterocycles. The molecule has 1 aliphatic carbocycles. The molecule has 2 rings (SSSR count). The van der Waals surface area contributed by atoms with Crippen LogP contribution < -0.4 is 10.0 Å². The molecule has 1 aromatic rings. The summed E-state index contributed by atoms with van der Waals surface area (Å²) < 4.78 is 27.2. The molecule has 19 heavy (non-hydrogen) atoms. The van der Waals surface area contributed by atoms with Gasteiger partial charge in [-0.1, -0.05) is 28.1 Å². The van der Waals surface area contributed by atoms with Crippen LogP contribution in [-0.2, 0) is 16.6 Å². The highest BCUT2D eigenvalue weighted by Gasteiger charge is 2.20. The predicted molar refractivity (Wildman–Crippen MR) is 80.4 cm³/mol. The topological polar surface area (TPSA) is 58.2 Å². The van der Waals surface area contributed by atoms with Crippen LogP contribution in [0.4, 0.5) is 0 Å². The molecule has 4 nitrogen and oxygen atoms in total. The first-order chi connectivity index (χ1) is 9.05. The summed E-state index contributed by atoms with van der Waals surface area (Å²) in [6.07, 6.45) is 3.12. The molecule has 0 aromatic heterocycles. The monoisotopic (exact) mass is 346 g/mol. The average molecular weight is 347 g/mol. The van der Waals surface area contributed by atoms with E-state index in [0.29, 0.717) is 19.0 Å². The number of rotatable bonds is 8. The molecular formula is C13H19BrN2O2S. The summed E-state index contributed by atoms with van der Waals surface area (Å²) in [5.74, 6) is 0.181. The lowest BCUT2D eigenvalue weighted by Crippen LogP contribution is -2.28. The van der Waals surface area contributed by atoms with Gasteiger partial charge >= 0.3 is 0 Å². The Kier molecular flexibility index (Phi) is 5.38. The Morgan fingerprint density at radius 1 is 1.32 bits per heavy atom. The van der Waals surface area contributed by atoms with Crippen molar-refractivity contribution in [1.29, 1.82) is 0 Å². The van der Waals surface area contributed by atoms with Crippen LogP contribution in [0.5, 0.6) is 0 Å². The summed E-state index contributed by atoms with van der Waals surface area (Å²) in [7, 11) is -3.18. The highest BCUT2D eigenvalue weighted by molar-refractivity contribution is 9.10. The van der Waals surface area contributed by atoms with Gasteiger partial charge in [-0.15, -0.1) is 0 Å². The van der Waals surface area contributed by atoms with Crippen molar-refractivity contribution in [1.82, 2.24) is 10.0 Å². The molecule has 1 fully saturated rings. The molecule has 1 saturated carbocycles. The minimum Gasteiger partial charge on any atom is -0.314 e. The molecule has 0 amide bonds. The SMILES string of the molecule is O=S(=O)(CCCNC1CC1)NCc1cccc(Br)c1. The van der Waals surface area contributed by atoms with E-state index >= 15 is 0 Å². The summed E-state index contributed by atoms with van der Waals surface area (Å²) in [5, 5.41) is 3.31. The Hall–Kier alpha value is -0.430. The summed E-state index contributed by atoms with van der Waals surface area (Å²) in [4.78, 5) is 0. The van der Waals surface area contributed by atoms with E-state index in [0.717, 1.165) is 16.6 Å². The highest BCUT2D eigenvalue weighted by atomic mass is 79.9. The smallest absolute Gasteiger partial charge is 0.211 e. The van der Waals surface area contributed by atoms with Crippen molar-refractivity contribution in [2.24, 2.45) is 0 Å². The van der Waals surface area contributed by atoms with E-state index in [1.807, 2.05) is 24.3 Å². The fourth-order valence-corrected chi connectivity index (χ4v) is 3.27. The van der Waals surface area contributed by atoms with E-state index < -0.39 is 10.0 Å². The molecule has 1 aromatic carbocycles. The van der Waals surface area contributed by atoms with Crippen LogP contribution >= 0.6 is 15.9 Å². The van der Waals surface area contributed by atoms with Crippen molar-refractivity contribution in [3.63, 3.8) is 0 Å². The van der Waals surface area contributed by atoms with Crippen molar-refractivity contribution < 1.29 is 8.42 Å². The predicted octanol–water partition coefficient (Wildman–Crippen LogP) is 2.01. The largest absolute Gasteiger partial charge is 0.314 e. The van der Waals surface area contributed by atoms with Crippen LogP contribution in [0, 0.1) is 0 Å². The third-order valence-electron chi connectivity index (χ3n) is 2.99. The number of sulfonamides is 1. The molecule has 2 N–H and O–H groups in total. The van der Waals surface area contributed by atoms with Gasteiger partial charge in [-0.2, -0.15) is 0 Å². The number of benzene rings is 1. The Labute approximate surface area is 123 Å². The van der Waals surface area contributed by atoms with Gasteiger partial charge < -0.3 is 5.32 Å². The first kappa shape index (κ1) is 15.0. The van der Waals surface area contributed by atoms with Crippen LogP contribution in [0.3, 0.4) is 0 Å². The van der Waals surface area contributed by atoms with Gasteiger partial charge in [-0.05, 0) is 43.5 Å². The second-order valence-electron chi connectivity index (χ2n) is 4.85. The minimum atomic E-state index is -3.18. The van der Waals surface area contributed by atoms with E-state index in [4.69, 9.17) is 0 Å². The van der Waals surface area contributed by atoms with E-state index in [2.05, 4.69) is 26.0 Å². The summed E-state index contributed by atoms with van der Waals surface area (Å²) in [6, 6.07) is 8.27. The van der Waals surface area contributed by atoms with Gasteiger partial charge in [-0.25, -0.2) is 13.1 Å². The van der Waals surface area contributed by atoms with E-state index in [-0.39, 0.29) is 5.75 Å². The molecule has 0 saturated heterocycles. The molecule has 0 bridgehead atoms. The number of nitrogens with one attached hydrogen (secondary N) is 2. The maximum atomic E-state index is 11.8.